The summed E-state index contributed by atoms with van der Waals surface area (Å²) in [6.45, 7) is 0.0999. The summed E-state index contributed by atoms with van der Waals surface area (Å²) < 4.78 is 71.9. The molecular formula is C26H20F4N2O6. The highest BCUT2D eigenvalue weighted by atomic mass is 19.4. The van der Waals surface area contributed by atoms with E-state index in [1.807, 2.05) is 0 Å². The summed E-state index contributed by atoms with van der Waals surface area (Å²) in [4.78, 5) is 18.1. The first-order valence-corrected chi connectivity index (χ1v) is 11.3. The number of oxazole rings is 1. The number of benzene rings is 3. The normalized spacial score (nSPS) is 15.3. The van der Waals surface area contributed by atoms with Gasteiger partial charge in [0.05, 0.1) is 7.11 Å². The smallest absolute Gasteiger partial charge is 0.493 e. The van der Waals surface area contributed by atoms with Crippen molar-refractivity contribution in [3.8, 4) is 17.2 Å². The number of hydrogen-bond donors (Lipinski definition) is 1. The molecule has 1 atom stereocenters. The molecule has 0 aliphatic carbocycles. The minimum Gasteiger partial charge on any atom is -0.493 e. The van der Waals surface area contributed by atoms with Gasteiger partial charge in [0.15, 0.2) is 17.1 Å². The van der Waals surface area contributed by atoms with Crippen LogP contribution in [0.1, 0.15) is 16.7 Å². The lowest BCUT2D eigenvalue weighted by Crippen LogP contribution is -2.46. The number of alkyl halides is 3. The molecule has 4 aromatic rings. The Kier molecular flexibility index (Phi) is 6.47. The summed E-state index contributed by atoms with van der Waals surface area (Å²) in [6.07, 6.45) is -4.78. The maximum atomic E-state index is 13.6. The summed E-state index contributed by atoms with van der Waals surface area (Å²) in [7, 11) is 1.44. The molecule has 0 saturated carbocycles. The van der Waals surface area contributed by atoms with Crippen LogP contribution in [0, 0.1) is 5.82 Å². The Labute approximate surface area is 213 Å². The zero-order chi connectivity index (χ0) is 27.0. The number of methoxy groups -OCH3 is 1. The van der Waals surface area contributed by atoms with Crippen molar-refractivity contribution in [2.45, 2.75) is 32.0 Å². The molecule has 0 spiro atoms. The van der Waals surface area contributed by atoms with E-state index in [1.54, 1.807) is 12.1 Å². The Balaban J connectivity index is 1.42. The van der Waals surface area contributed by atoms with Gasteiger partial charge in [-0.25, -0.2) is 9.18 Å². The average Bonchev–Trinajstić information content (AvgIpc) is 3.29. The Bertz CT molecular complexity index is 1490. The third kappa shape index (κ3) is 5.15. The fourth-order valence-corrected chi connectivity index (χ4v) is 4.31. The van der Waals surface area contributed by atoms with E-state index < -0.39 is 24.2 Å². The molecule has 0 fully saturated rings. The number of halogens is 4. The maximum absolute atomic E-state index is 13.6. The minimum atomic E-state index is -4.79. The van der Waals surface area contributed by atoms with Crippen molar-refractivity contribution in [3.05, 3.63) is 77.1 Å². The molecule has 1 aromatic heterocycles. The lowest BCUT2D eigenvalue weighted by atomic mass is 9.93. The largest absolute Gasteiger partial charge is 0.573 e. The van der Waals surface area contributed by atoms with E-state index in [0.29, 0.717) is 28.1 Å². The van der Waals surface area contributed by atoms with Crippen LogP contribution in [0.2, 0.25) is 0 Å². The highest BCUT2D eigenvalue weighted by Gasteiger charge is 2.37. The van der Waals surface area contributed by atoms with Crippen LogP contribution in [0.5, 0.6) is 17.2 Å². The second kappa shape index (κ2) is 9.77. The van der Waals surface area contributed by atoms with Crippen molar-refractivity contribution in [1.82, 2.24) is 4.98 Å². The number of carboxylic acids is 1. The topological polar surface area (TPSA) is 94.3 Å². The van der Waals surface area contributed by atoms with Gasteiger partial charge < -0.3 is 28.6 Å². The number of fused-ring (bicyclic) bond motifs is 2. The third-order valence-electron chi connectivity index (χ3n) is 6.07. The molecule has 12 heteroatoms. The maximum Gasteiger partial charge on any atom is 0.573 e. The van der Waals surface area contributed by atoms with Gasteiger partial charge in [0.2, 0.25) is 0 Å². The van der Waals surface area contributed by atoms with Gasteiger partial charge in [-0.05, 0) is 41.5 Å². The standard InChI is InChI=1S/C26H20F4N2O6/c1-35-21-9-4-15-12-32(25-31-19-8-5-16(27)10-22(19)37-25)20(24(33)34)11-18(15)23(21)36-13-14-2-6-17(7-3-14)38-26(28,29)30/h2-10,20H,11-13H2,1H3,(H,33,34). The first-order chi connectivity index (χ1) is 18.1. The summed E-state index contributed by atoms with van der Waals surface area (Å²) >= 11 is 0. The number of anilines is 1. The summed E-state index contributed by atoms with van der Waals surface area (Å²) in [5.41, 5.74) is 2.49. The molecular weight excluding hydrogens is 512 g/mol. The van der Waals surface area contributed by atoms with Gasteiger partial charge in [0, 0.05) is 24.6 Å². The molecule has 3 aromatic carbocycles. The molecule has 198 valence electrons. The number of rotatable bonds is 7. The van der Waals surface area contributed by atoms with Gasteiger partial charge >= 0.3 is 12.3 Å². The number of carboxylic acid groups (broad SMARTS) is 1. The van der Waals surface area contributed by atoms with E-state index in [0.717, 1.165) is 5.56 Å². The van der Waals surface area contributed by atoms with Gasteiger partial charge in [-0.15, -0.1) is 13.2 Å². The zero-order valence-electron chi connectivity index (χ0n) is 19.8. The van der Waals surface area contributed by atoms with Crippen LogP contribution in [0.3, 0.4) is 0 Å². The fraction of sp³-hybridized carbons (Fsp3) is 0.231. The first-order valence-electron chi connectivity index (χ1n) is 11.3. The van der Waals surface area contributed by atoms with Crippen LogP contribution >= 0.6 is 0 Å². The van der Waals surface area contributed by atoms with Crippen LogP contribution in [-0.2, 0) is 24.4 Å². The van der Waals surface area contributed by atoms with Crippen molar-refractivity contribution < 1.29 is 46.1 Å². The number of nitrogens with zero attached hydrogens (tertiary/aromatic N) is 2. The van der Waals surface area contributed by atoms with Gasteiger partial charge in [-0.3, -0.25) is 0 Å². The summed E-state index contributed by atoms with van der Waals surface area (Å²) in [5, 5.41) is 10.0. The van der Waals surface area contributed by atoms with Crippen LogP contribution in [0.25, 0.3) is 11.1 Å². The third-order valence-corrected chi connectivity index (χ3v) is 6.07. The van der Waals surface area contributed by atoms with E-state index in [4.69, 9.17) is 13.9 Å². The molecule has 1 aliphatic rings. The highest BCUT2D eigenvalue weighted by molar-refractivity contribution is 5.81. The second-order valence-corrected chi connectivity index (χ2v) is 8.51. The molecule has 38 heavy (non-hydrogen) atoms. The molecule has 1 N–H and O–H groups in total. The molecule has 2 heterocycles. The minimum absolute atomic E-state index is 0.0165. The van der Waals surface area contributed by atoms with Crippen LogP contribution in [0.15, 0.2) is 59.0 Å². The molecule has 1 unspecified atom stereocenters. The highest BCUT2D eigenvalue weighted by Crippen LogP contribution is 2.40. The van der Waals surface area contributed by atoms with Gasteiger partial charge in [-0.1, -0.05) is 18.2 Å². The fourth-order valence-electron chi connectivity index (χ4n) is 4.31. The zero-order valence-corrected chi connectivity index (χ0v) is 19.8. The first kappa shape index (κ1) is 25.2. The quantitative estimate of drug-likeness (QED) is 0.313. The van der Waals surface area contributed by atoms with Crippen molar-refractivity contribution in [2.75, 3.05) is 12.0 Å². The number of carbonyl (C=O) groups is 1. The SMILES string of the molecule is COc1ccc2c(c1OCc1ccc(OC(F)(F)F)cc1)CC(C(=O)O)N(c1nc3ccc(F)cc3o1)C2. The summed E-state index contributed by atoms with van der Waals surface area (Å²) in [6, 6.07) is 11.5. The van der Waals surface area contributed by atoms with Crippen molar-refractivity contribution in [2.24, 2.45) is 0 Å². The molecule has 5 rings (SSSR count). The van der Waals surface area contributed by atoms with E-state index in [-0.39, 0.29) is 36.9 Å². The van der Waals surface area contributed by atoms with Crippen LogP contribution in [0.4, 0.5) is 23.6 Å². The molecule has 0 radical (unpaired) electrons. The van der Waals surface area contributed by atoms with Gasteiger partial charge in [0.1, 0.15) is 29.7 Å². The van der Waals surface area contributed by atoms with Gasteiger partial charge in [0.25, 0.3) is 6.01 Å². The predicted octanol–water partition coefficient (Wildman–Crippen LogP) is 5.47. The van der Waals surface area contributed by atoms with E-state index >= 15 is 0 Å². The van der Waals surface area contributed by atoms with Crippen LogP contribution in [-0.4, -0.2) is 35.6 Å². The lowest BCUT2D eigenvalue weighted by molar-refractivity contribution is -0.274. The monoisotopic (exact) mass is 532 g/mol. The number of ether oxygens (including phenoxy) is 3. The molecule has 0 bridgehead atoms. The van der Waals surface area contributed by atoms with E-state index in [2.05, 4.69) is 9.72 Å². The van der Waals surface area contributed by atoms with Crippen molar-refractivity contribution in [3.63, 3.8) is 0 Å². The predicted molar refractivity (Wildman–Crippen MR) is 126 cm³/mol. The number of aliphatic carboxylic acids is 1. The molecule has 0 amide bonds. The lowest BCUT2D eigenvalue weighted by Gasteiger charge is -2.34. The molecule has 1 aliphatic heterocycles. The Hall–Kier alpha value is -4.48. The van der Waals surface area contributed by atoms with Crippen molar-refractivity contribution >= 4 is 23.1 Å². The Morgan fingerprint density at radius 3 is 2.61 bits per heavy atom. The van der Waals surface area contributed by atoms with Gasteiger partial charge in [-0.2, -0.15) is 4.98 Å². The Morgan fingerprint density at radius 2 is 1.92 bits per heavy atom. The number of aromatic nitrogens is 1. The van der Waals surface area contributed by atoms with E-state index in [9.17, 15) is 27.5 Å². The second-order valence-electron chi connectivity index (χ2n) is 8.51. The van der Waals surface area contributed by atoms with Crippen LogP contribution < -0.4 is 19.1 Å². The molecule has 8 nitrogen and oxygen atoms in total. The molecule has 0 saturated heterocycles. The van der Waals surface area contributed by atoms with E-state index in [1.165, 1.54) is 54.5 Å². The van der Waals surface area contributed by atoms with Crippen molar-refractivity contribution in [1.29, 1.82) is 0 Å². The Morgan fingerprint density at radius 1 is 1.16 bits per heavy atom. The summed E-state index contributed by atoms with van der Waals surface area (Å²) in [5.74, 6) is -1.29. The average molecular weight is 532 g/mol. The number of hydrogen-bond acceptors (Lipinski definition) is 7.